The molecule has 3 rings (SSSR count). The molecule has 3 aromatic rings. The Balaban J connectivity index is 2.29. The fourth-order valence-corrected chi connectivity index (χ4v) is 2.59. The Morgan fingerprint density at radius 1 is 1.36 bits per heavy atom. The van der Waals surface area contributed by atoms with Gasteiger partial charge >= 0.3 is 5.97 Å². The highest BCUT2D eigenvalue weighted by atomic mass is 35.5. The van der Waals surface area contributed by atoms with Crippen LogP contribution < -0.4 is 5.56 Å². The van der Waals surface area contributed by atoms with Crippen LogP contribution in [0.5, 0.6) is 0 Å². The van der Waals surface area contributed by atoms with Crippen molar-refractivity contribution in [3.05, 3.63) is 56.3 Å². The number of nitrogens with one attached hydrogen (secondary N) is 1. The minimum Gasteiger partial charge on any atom is -0.477 e. The maximum atomic E-state index is 11.9. The van der Waals surface area contributed by atoms with E-state index in [2.05, 4.69) is 15.1 Å². The van der Waals surface area contributed by atoms with Crippen LogP contribution in [0.15, 0.2) is 29.6 Å². The maximum Gasteiger partial charge on any atom is 0.341 e. The first-order chi connectivity index (χ1) is 10.5. The smallest absolute Gasteiger partial charge is 0.341 e. The molecule has 112 valence electrons. The largest absolute Gasteiger partial charge is 0.477 e. The zero-order valence-electron chi connectivity index (χ0n) is 10.9. The zero-order valence-corrected chi connectivity index (χ0v) is 12.4. The summed E-state index contributed by atoms with van der Waals surface area (Å²) in [6.07, 6.45) is 2.86. The van der Waals surface area contributed by atoms with E-state index in [4.69, 9.17) is 28.3 Å². The summed E-state index contributed by atoms with van der Waals surface area (Å²) in [6, 6.07) is 2.77. The molecule has 2 heterocycles. The van der Waals surface area contributed by atoms with Crippen LogP contribution in [0.1, 0.15) is 15.9 Å². The number of hydrogen-bond donors (Lipinski definition) is 2. The molecule has 0 aliphatic carbocycles. The van der Waals surface area contributed by atoms with E-state index in [0.29, 0.717) is 16.5 Å². The molecule has 0 saturated heterocycles. The van der Waals surface area contributed by atoms with Crippen molar-refractivity contribution < 1.29 is 9.90 Å². The van der Waals surface area contributed by atoms with E-state index >= 15 is 0 Å². The van der Waals surface area contributed by atoms with Crippen molar-refractivity contribution in [3.63, 3.8) is 0 Å². The van der Waals surface area contributed by atoms with Crippen LogP contribution in [0, 0.1) is 0 Å². The Morgan fingerprint density at radius 2 is 2.14 bits per heavy atom. The molecular weight excluding hydrogens is 331 g/mol. The molecule has 1 aromatic carbocycles. The number of benzene rings is 1. The zero-order chi connectivity index (χ0) is 15.9. The monoisotopic (exact) mass is 338 g/mol. The standard InChI is InChI=1S/C13H8Cl2N4O3/c14-9-2-6-1-7(13(21)22)12(20)18-11(6)8(10(9)15)3-19-5-16-4-17-19/h1-2,4-5H,3H2,(H,18,20)(H,21,22). The van der Waals surface area contributed by atoms with E-state index in [1.54, 1.807) is 0 Å². The fraction of sp³-hybridized carbons (Fsp3) is 0.0769. The summed E-state index contributed by atoms with van der Waals surface area (Å²) < 4.78 is 1.51. The van der Waals surface area contributed by atoms with Crippen LogP contribution in [-0.2, 0) is 6.54 Å². The van der Waals surface area contributed by atoms with Gasteiger partial charge in [0.2, 0.25) is 0 Å². The van der Waals surface area contributed by atoms with E-state index in [1.165, 1.54) is 29.5 Å². The molecule has 0 aliphatic heterocycles. The average molecular weight is 339 g/mol. The molecule has 0 spiro atoms. The number of aromatic carboxylic acids is 1. The van der Waals surface area contributed by atoms with Gasteiger partial charge in [0.15, 0.2) is 0 Å². The van der Waals surface area contributed by atoms with Gasteiger partial charge in [0, 0.05) is 10.9 Å². The number of pyridine rings is 1. The van der Waals surface area contributed by atoms with Gasteiger partial charge in [0.25, 0.3) is 5.56 Å². The van der Waals surface area contributed by atoms with Crippen molar-refractivity contribution >= 4 is 40.1 Å². The molecule has 0 fully saturated rings. The van der Waals surface area contributed by atoms with Gasteiger partial charge in [-0.15, -0.1) is 0 Å². The van der Waals surface area contributed by atoms with Crippen LogP contribution in [-0.4, -0.2) is 30.8 Å². The van der Waals surface area contributed by atoms with Gasteiger partial charge in [-0.25, -0.2) is 14.5 Å². The summed E-state index contributed by atoms with van der Waals surface area (Å²) in [5.41, 5.74) is -0.126. The Morgan fingerprint density at radius 3 is 2.77 bits per heavy atom. The number of fused-ring (bicyclic) bond motifs is 1. The first-order valence-corrected chi connectivity index (χ1v) is 6.82. The quantitative estimate of drug-likeness (QED) is 0.762. The third-order valence-corrected chi connectivity index (χ3v) is 3.97. The first-order valence-electron chi connectivity index (χ1n) is 6.07. The number of aromatic amines is 1. The highest BCUT2D eigenvalue weighted by molar-refractivity contribution is 6.43. The number of carboxylic acid groups (broad SMARTS) is 1. The Bertz CT molecular complexity index is 935. The van der Waals surface area contributed by atoms with Gasteiger partial charge in [0.1, 0.15) is 18.2 Å². The van der Waals surface area contributed by atoms with E-state index in [1.807, 2.05) is 0 Å². The third kappa shape index (κ3) is 2.44. The molecule has 0 atom stereocenters. The molecule has 0 aliphatic rings. The van der Waals surface area contributed by atoms with Crippen molar-refractivity contribution in [2.45, 2.75) is 6.54 Å². The molecule has 0 unspecified atom stereocenters. The Kier molecular flexibility index (Phi) is 3.59. The summed E-state index contributed by atoms with van der Waals surface area (Å²) in [5.74, 6) is -1.31. The van der Waals surface area contributed by atoms with Gasteiger partial charge in [-0.1, -0.05) is 23.2 Å². The Labute approximate surface area is 133 Å². The predicted molar refractivity (Wildman–Crippen MR) is 80.7 cm³/mol. The molecule has 2 aromatic heterocycles. The van der Waals surface area contributed by atoms with Crippen LogP contribution in [0.2, 0.25) is 10.0 Å². The second-order valence-electron chi connectivity index (χ2n) is 4.53. The lowest BCUT2D eigenvalue weighted by Crippen LogP contribution is -2.18. The predicted octanol–water partition coefficient (Wildman–Crippen LogP) is 2.17. The minimum atomic E-state index is -1.31. The molecule has 0 amide bonds. The lowest BCUT2D eigenvalue weighted by molar-refractivity contribution is 0.0695. The van der Waals surface area contributed by atoms with E-state index in [-0.39, 0.29) is 22.2 Å². The summed E-state index contributed by atoms with van der Waals surface area (Å²) in [6.45, 7) is 0.234. The normalized spacial score (nSPS) is 11.0. The fourth-order valence-electron chi connectivity index (χ4n) is 2.15. The minimum absolute atomic E-state index is 0.234. The third-order valence-electron chi connectivity index (χ3n) is 3.15. The average Bonchev–Trinajstić information content (AvgIpc) is 2.97. The number of carboxylic acids is 1. The number of carbonyl (C=O) groups is 1. The number of hydrogen-bond acceptors (Lipinski definition) is 4. The van der Waals surface area contributed by atoms with E-state index < -0.39 is 11.5 Å². The lowest BCUT2D eigenvalue weighted by Gasteiger charge is -2.11. The lowest BCUT2D eigenvalue weighted by atomic mass is 10.1. The molecule has 2 N–H and O–H groups in total. The van der Waals surface area contributed by atoms with Gasteiger partial charge in [-0.05, 0) is 12.1 Å². The van der Waals surface area contributed by atoms with Crippen LogP contribution >= 0.6 is 23.2 Å². The second-order valence-corrected chi connectivity index (χ2v) is 5.31. The summed E-state index contributed by atoms with van der Waals surface area (Å²) >= 11 is 12.3. The van der Waals surface area contributed by atoms with Crippen LogP contribution in [0.25, 0.3) is 10.9 Å². The number of H-pyrrole nitrogens is 1. The van der Waals surface area contributed by atoms with Crippen LogP contribution in [0.3, 0.4) is 0 Å². The highest BCUT2D eigenvalue weighted by Crippen LogP contribution is 2.32. The summed E-state index contributed by atoms with van der Waals surface area (Å²) in [7, 11) is 0. The first kappa shape index (κ1) is 14.6. The molecule has 0 radical (unpaired) electrons. The van der Waals surface area contributed by atoms with Crippen molar-refractivity contribution in [3.8, 4) is 0 Å². The second kappa shape index (κ2) is 5.43. The van der Waals surface area contributed by atoms with Gasteiger partial charge in [-0.2, -0.15) is 5.10 Å². The van der Waals surface area contributed by atoms with Crippen molar-refractivity contribution in [2.75, 3.05) is 0 Å². The SMILES string of the molecule is O=C(O)c1cc2cc(Cl)c(Cl)c(Cn3cncn3)c2[nH]c1=O. The number of halogens is 2. The van der Waals surface area contributed by atoms with Gasteiger partial charge in [-0.3, -0.25) is 4.79 Å². The molecule has 7 nitrogen and oxygen atoms in total. The number of aromatic nitrogens is 4. The van der Waals surface area contributed by atoms with Crippen molar-refractivity contribution in [1.29, 1.82) is 0 Å². The molecule has 0 bridgehead atoms. The van der Waals surface area contributed by atoms with Gasteiger partial charge < -0.3 is 10.1 Å². The highest BCUT2D eigenvalue weighted by Gasteiger charge is 2.16. The molecule has 0 saturated carbocycles. The van der Waals surface area contributed by atoms with E-state index in [9.17, 15) is 9.59 Å². The topological polar surface area (TPSA) is 101 Å². The number of nitrogens with zero attached hydrogens (tertiary/aromatic N) is 3. The Hall–Kier alpha value is -2.38. The van der Waals surface area contributed by atoms with Gasteiger partial charge in [0.05, 0.1) is 22.1 Å². The molecule has 22 heavy (non-hydrogen) atoms. The van der Waals surface area contributed by atoms with Crippen LogP contribution in [0.4, 0.5) is 0 Å². The number of rotatable bonds is 3. The van der Waals surface area contributed by atoms with E-state index in [0.717, 1.165) is 0 Å². The summed E-state index contributed by atoms with van der Waals surface area (Å²) in [4.78, 5) is 29.3. The molecular formula is C13H8Cl2N4O3. The van der Waals surface area contributed by atoms with Crippen molar-refractivity contribution in [2.24, 2.45) is 0 Å². The summed E-state index contributed by atoms with van der Waals surface area (Å²) in [5, 5.41) is 14.0. The van der Waals surface area contributed by atoms with Crippen molar-refractivity contribution in [1.82, 2.24) is 19.7 Å². The maximum absolute atomic E-state index is 11.9. The molecule has 9 heteroatoms.